The van der Waals surface area contributed by atoms with Crippen LogP contribution >= 0.6 is 11.3 Å². The Labute approximate surface area is 69.0 Å². The zero-order valence-corrected chi connectivity index (χ0v) is 6.64. The maximum atomic E-state index is 8.46. The fraction of sp³-hybridized carbons (Fsp3) is 0.125. The number of thiophene rings is 1. The molecule has 0 unspecified atom stereocenters. The molecule has 1 N–H and O–H groups in total. The summed E-state index contributed by atoms with van der Waals surface area (Å²) in [5.74, 6) is 0. The van der Waals surface area contributed by atoms with Crippen molar-refractivity contribution in [1.29, 1.82) is 5.26 Å². The van der Waals surface area contributed by atoms with E-state index in [1.54, 1.807) is 18.2 Å². The molecule has 0 fully saturated rings. The molecule has 0 radical (unpaired) electrons. The SMILES string of the molecule is N#Cc1ccc(C=CCO)s1. The summed E-state index contributed by atoms with van der Waals surface area (Å²) in [7, 11) is 0. The Morgan fingerprint density at radius 2 is 2.45 bits per heavy atom. The van der Waals surface area contributed by atoms with Gasteiger partial charge in [-0.3, -0.25) is 0 Å². The van der Waals surface area contributed by atoms with Crippen LogP contribution in [-0.4, -0.2) is 11.7 Å². The zero-order valence-electron chi connectivity index (χ0n) is 5.82. The minimum absolute atomic E-state index is 0.0415. The highest BCUT2D eigenvalue weighted by molar-refractivity contribution is 7.13. The van der Waals surface area contributed by atoms with Gasteiger partial charge in [-0.05, 0) is 18.2 Å². The van der Waals surface area contributed by atoms with Gasteiger partial charge in [-0.25, -0.2) is 0 Å². The lowest BCUT2D eigenvalue weighted by Gasteiger charge is -1.79. The van der Waals surface area contributed by atoms with Crippen molar-refractivity contribution in [3.8, 4) is 6.07 Å². The van der Waals surface area contributed by atoms with E-state index >= 15 is 0 Å². The van der Waals surface area contributed by atoms with E-state index in [0.717, 1.165) is 4.88 Å². The lowest BCUT2D eigenvalue weighted by molar-refractivity contribution is 0.343. The number of nitriles is 1. The Morgan fingerprint density at radius 3 is 3.00 bits per heavy atom. The third-order valence-electron chi connectivity index (χ3n) is 1.12. The molecule has 0 saturated carbocycles. The average molecular weight is 165 g/mol. The topological polar surface area (TPSA) is 44.0 Å². The fourth-order valence-electron chi connectivity index (χ4n) is 0.671. The first-order chi connectivity index (χ1) is 5.36. The Bertz CT molecular complexity index is 295. The number of nitrogens with zero attached hydrogens (tertiary/aromatic N) is 1. The molecule has 0 saturated heterocycles. The van der Waals surface area contributed by atoms with Crippen LogP contribution in [0.4, 0.5) is 0 Å². The summed E-state index contributed by atoms with van der Waals surface area (Å²) in [4.78, 5) is 1.69. The number of aliphatic hydroxyl groups excluding tert-OH is 1. The van der Waals surface area contributed by atoms with Crippen LogP contribution in [0.5, 0.6) is 0 Å². The Kier molecular flexibility index (Phi) is 2.84. The maximum Gasteiger partial charge on any atom is 0.110 e. The van der Waals surface area contributed by atoms with Crippen LogP contribution in [0, 0.1) is 11.3 Å². The summed E-state index contributed by atoms with van der Waals surface area (Å²) in [5, 5.41) is 16.9. The first-order valence-corrected chi connectivity index (χ1v) is 3.96. The van der Waals surface area contributed by atoms with Crippen LogP contribution in [0.25, 0.3) is 6.08 Å². The minimum Gasteiger partial charge on any atom is -0.392 e. The normalized spacial score (nSPS) is 10.2. The van der Waals surface area contributed by atoms with Crippen LogP contribution in [0.15, 0.2) is 18.2 Å². The third-order valence-corrected chi connectivity index (χ3v) is 2.08. The largest absolute Gasteiger partial charge is 0.392 e. The van der Waals surface area contributed by atoms with E-state index in [-0.39, 0.29) is 6.61 Å². The van der Waals surface area contributed by atoms with E-state index in [4.69, 9.17) is 10.4 Å². The standard InChI is InChI=1S/C8H7NOS/c9-6-8-4-3-7(11-8)2-1-5-10/h1-4,10H,5H2. The minimum atomic E-state index is 0.0415. The first-order valence-electron chi connectivity index (χ1n) is 3.14. The number of aliphatic hydroxyl groups is 1. The molecule has 56 valence electrons. The second-order valence-electron chi connectivity index (χ2n) is 1.90. The molecule has 0 spiro atoms. The number of hydrogen-bond donors (Lipinski definition) is 1. The quantitative estimate of drug-likeness (QED) is 0.723. The highest BCUT2D eigenvalue weighted by Crippen LogP contribution is 2.16. The van der Waals surface area contributed by atoms with E-state index in [1.165, 1.54) is 11.3 Å². The van der Waals surface area contributed by atoms with E-state index in [9.17, 15) is 0 Å². The molecule has 0 aliphatic heterocycles. The van der Waals surface area contributed by atoms with Crippen molar-refractivity contribution in [3.05, 3.63) is 28.0 Å². The second-order valence-corrected chi connectivity index (χ2v) is 3.01. The predicted molar refractivity (Wildman–Crippen MR) is 45.2 cm³/mol. The van der Waals surface area contributed by atoms with E-state index in [2.05, 4.69) is 0 Å². The fourth-order valence-corrected chi connectivity index (χ4v) is 1.41. The molecule has 1 aromatic rings. The Hall–Kier alpha value is -1.11. The van der Waals surface area contributed by atoms with Crippen molar-refractivity contribution in [2.24, 2.45) is 0 Å². The van der Waals surface area contributed by atoms with Gasteiger partial charge < -0.3 is 5.11 Å². The molecule has 1 aromatic heterocycles. The van der Waals surface area contributed by atoms with Crippen molar-refractivity contribution in [3.63, 3.8) is 0 Å². The second kappa shape index (κ2) is 3.91. The molecule has 11 heavy (non-hydrogen) atoms. The zero-order chi connectivity index (χ0) is 8.10. The van der Waals surface area contributed by atoms with Gasteiger partial charge in [0, 0.05) is 4.88 Å². The van der Waals surface area contributed by atoms with Crippen molar-refractivity contribution >= 4 is 17.4 Å². The molecule has 1 rings (SSSR count). The highest BCUT2D eigenvalue weighted by atomic mass is 32.1. The van der Waals surface area contributed by atoms with Gasteiger partial charge in [0.05, 0.1) is 6.61 Å². The Morgan fingerprint density at radius 1 is 1.64 bits per heavy atom. The molecule has 0 aliphatic carbocycles. The van der Waals surface area contributed by atoms with Crippen LogP contribution in [0.3, 0.4) is 0 Å². The van der Waals surface area contributed by atoms with E-state index < -0.39 is 0 Å². The van der Waals surface area contributed by atoms with Crippen LogP contribution in [0.1, 0.15) is 9.75 Å². The summed E-state index contributed by atoms with van der Waals surface area (Å²) in [6.45, 7) is 0.0415. The van der Waals surface area contributed by atoms with Crippen LogP contribution < -0.4 is 0 Å². The summed E-state index contributed by atoms with van der Waals surface area (Å²) >= 11 is 1.41. The lowest BCUT2D eigenvalue weighted by Crippen LogP contribution is -1.68. The van der Waals surface area contributed by atoms with Gasteiger partial charge in [0.1, 0.15) is 10.9 Å². The Balaban J connectivity index is 2.75. The van der Waals surface area contributed by atoms with E-state index in [1.807, 2.05) is 12.1 Å². The lowest BCUT2D eigenvalue weighted by atomic mass is 10.4. The first kappa shape index (κ1) is 7.99. The molecule has 0 amide bonds. The molecule has 1 heterocycles. The van der Waals surface area contributed by atoms with Crippen molar-refractivity contribution < 1.29 is 5.11 Å². The van der Waals surface area contributed by atoms with Gasteiger partial charge in [0.25, 0.3) is 0 Å². The molecule has 0 aromatic carbocycles. The molecule has 0 bridgehead atoms. The molecular formula is C8H7NOS. The smallest absolute Gasteiger partial charge is 0.110 e. The molecular weight excluding hydrogens is 158 g/mol. The molecule has 2 nitrogen and oxygen atoms in total. The van der Waals surface area contributed by atoms with Crippen LogP contribution in [0.2, 0.25) is 0 Å². The number of hydrogen-bond acceptors (Lipinski definition) is 3. The van der Waals surface area contributed by atoms with Crippen molar-refractivity contribution in [1.82, 2.24) is 0 Å². The molecule has 3 heteroatoms. The van der Waals surface area contributed by atoms with Crippen LogP contribution in [-0.2, 0) is 0 Å². The van der Waals surface area contributed by atoms with Gasteiger partial charge in [0.15, 0.2) is 0 Å². The van der Waals surface area contributed by atoms with Gasteiger partial charge in [0.2, 0.25) is 0 Å². The third kappa shape index (κ3) is 2.19. The predicted octanol–water partition coefficient (Wildman–Crippen LogP) is 1.63. The van der Waals surface area contributed by atoms with E-state index in [0.29, 0.717) is 4.88 Å². The summed E-state index contributed by atoms with van der Waals surface area (Å²) < 4.78 is 0. The molecule has 0 aliphatic rings. The summed E-state index contributed by atoms with van der Waals surface area (Å²) in [5.41, 5.74) is 0. The van der Waals surface area contributed by atoms with Gasteiger partial charge >= 0.3 is 0 Å². The monoisotopic (exact) mass is 165 g/mol. The number of rotatable bonds is 2. The molecule has 0 atom stereocenters. The highest BCUT2D eigenvalue weighted by Gasteiger charge is 1.93. The van der Waals surface area contributed by atoms with Crippen molar-refractivity contribution in [2.45, 2.75) is 0 Å². The summed E-state index contributed by atoms with van der Waals surface area (Å²) in [6.07, 6.45) is 3.44. The van der Waals surface area contributed by atoms with Gasteiger partial charge in [-0.2, -0.15) is 5.26 Å². The van der Waals surface area contributed by atoms with Gasteiger partial charge in [-0.1, -0.05) is 6.08 Å². The van der Waals surface area contributed by atoms with Crippen molar-refractivity contribution in [2.75, 3.05) is 6.61 Å². The van der Waals surface area contributed by atoms with Gasteiger partial charge in [-0.15, -0.1) is 11.3 Å². The maximum absolute atomic E-state index is 8.46. The average Bonchev–Trinajstić information content (AvgIpc) is 2.48. The summed E-state index contributed by atoms with van der Waals surface area (Å²) in [6, 6.07) is 5.67.